The predicted octanol–water partition coefficient (Wildman–Crippen LogP) is 3.85. The summed E-state index contributed by atoms with van der Waals surface area (Å²) in [7, 11) is 1.70. The maximum absolute atomic E-state index is 6.04. The van der Waals surface area contributed by atoms with Gasteiger partial charge in [-0.2, -0.15) is 0 Å². The van der Waals surface area contributed by atoms with Crippen LogP contribution in [0.3, 0.4) is 0 Å². The normalized spacial score (nSPS) is 14.4. The van der Waals surface area contributed by atoms with Gasteiger partial charge in [-0.05, 0) is 25.0 Å². The molecule has 0 aliphatic heterocycles. The molecule has 1 aromatic rings. The fourth-order valence-electron chi connectivity index (χ4n) is 1.63. The molecule has 0 saturated heterocycles. The van der Waals surface area contributed by atoms with Crippen LogP contribution < -0.4 is 10.5 Å². The molecule has 1 rings (SSSR count). The van der Waals surface area contributed by atoms with Crippen LogP contribution in [0, 0.1) is 5.92 Å². The maximum atomic E-state index is 6.04. The van der Waals surface area contributed by atoms with Gasteiger partial charge in [-0.15, -0.1) is 11.8 Å². The molecule has 96 valence electrons. The Morgan fingerprint density at radius 2 is 2.06 bits per heavy atom. The van der Waals surface area contributed by atoms with Crippen molar-refractivity contribution in [2.24, 2.45) is 11.7 Å². The standard InChI is InChI=1S/C14H23NOS/c1-5-10(2)9-17-13-8-6-7-12(16-4)14(13)11(3)15/h6-8,10-11H,5,9,15H2,1-4H3. The molecule has 0 amide bonds. The highest BCUT2D eigenvalue weighted by molar-refractivity contribution is 7.99. The number of methoxy groups -OCH3 is 1. The third-order valence-electron chi connectivity index (χ3n) is 2.92. The Bertz CT molecular complexity index is 352. The average molecular weight is 253 g/mol. The first-order valence-corrected chi connectivity index (χ1v) is 7.14. The zero-order chi connectivity index (χ0) is 12.8. The third-order valence-corrected chi connectivity index (χ3v) is 4.32. The molecule has 0 radical (unpaired) electrons. The van der Waals surface area contributed by atoms with Gasteiger partial charge in [0.1, 0.15) is 5.75 Å². The van der Waals surface area contributed by atoms with Gasteiger partial charge in [0, 0.05) is 22.3 Å². The van der Waals surface area contributed by atoms with E-state index in [0.29, 0.717) is 0 Å². The maximum Gasteiger partial charge on any atom is 0.124 e. The van der Waals surface area contributed by atoms with E-state index in [1.807, 2.05) is 30.8 Å². The minimum atomic E-state index is 0.00517. The van der Waals surface area contributed by atoms with Crippen molar-refractivity contribution < 1.29 is 4.74 Å². The van der Waals surface area contributed by atoms with Crippen LogP contribution in [0.1, 0.15) is 38.8 Å². The van der Waals surface area contributed by atoms with Gasteiger partial charge in [0.15, 0.2) is 0 Å². The van der Waals surface area contributed by atoms with E-state index in [2.05, 4.69) is 19.9 Å². The summed E-state index contributed by atoms with van der Waals surface area (Å²) in [6.45, 7) is 6.51. The van der Waals surface area contributed by atoms with E-state index < -0.39 is 0 Å². The Morgan fingerprint density at radius 1 is 1.35 bits per heavy atom. The highest BCUT2D eigenvalue weighted by Gasteiger charge is 2.13. The summed E-state index contributed by atoms with van der Waals surface area (Å²) >= 11 is 1.88. The van der Waals surface area contributed by atoms with Crippen molar-refractivity contribution in [2.45, 2.75) is 38.1 Å². The number of benzene rings is 1. The number of ether oxygens (including phenoxy) is 1. The van der Waals surface area contributed by atoms with Gasteiger partial charge < -0.3 is 10.5 Å². The van der Waals surface area contributed by atoms with Crippen LogP contribution in [0.5, 0.6) is 5.75 Å². The minimum absolute atomic E-state index is 0.00517. The van der Waals surface area contributed by atoms with Gasteiger partial charge in [0.05, 0.1) is 7.11 Å². The molecule has 0 bridgehead atoms. The second-order valence-corrected chi connectivity index (χ2v) is 5.55. The van der Waals surface area contributed by atoms with E-state index >= 15 is 0 Å². The smallest absolute Gasteiger partial charge is 0.124 e. The molecule has 0 spiro atoms. The van der Waals surface area contributed by atoms with E-state index in [1.165, 1.54) is 11.3 Å². The van der Waals surface area contributed by atoms with E-state index in [-0.39, 0.29) is 6.04 Å². The van der Waals surface area contributed by atoms with Crippen LogP contribution in [-0.4, -0.2) is 12.9 Å². The molecular formula is C14H23NOS. The Hall–Kier alpha value is -0.670. The number of thioether (sulfide) groups is 1. The first kappa shape index (κ1) is 14.4. The van der Waals surface area contributed by atoms with Gasteiger partial charge >= 0.3 is 0 Å². The van der Waals surface area contributed by atoms with Crippen LogP contribution in [0.2, 0.25) is 0 Å². The number of nitrogens with two attached hydrogens (primary N) is 1. The summed E-state index contributed by atoms with van der Waals surface area (Å²) in [6.07, 6.45) is 1.21. The number of hydrogen-bond acceptors (Lipinski definition) is 3. The number of hydrogen-bond donors (Lipinski definition) is 1. The van der Waals surface area contributed by atoms with Crippen LogP contribution in [0.4, 0.5) is 0 Å². The van der Waals surface area contributed by atoms with Crippen molar-refractivity contribution in [3.63, 3.8) is 0 Å². The van der Waals surface area contributed by atoms with Crippen molar-refractivity contribution in [3.8, 4) is 5.75 Å². The molecule has 2 unspecified atom stereocenters. The highest BCUT2D eigenvalue weighted by atomic mass is 32.2. The molecule has 2 nitrogen and oxygen atoms in total. The van der Waals surface area contributed by atoms with E-state index in [4.69, 9.17) is 10.5 Å². The first-order chi connectivity index (χ1) is 8.10. The summed E-state index contributed by atoms with van der Waals surface area (Å²) in [5.74, 6) is 2.75. The lowest BCUT2D eigenvalue weighted by Crippen LogP contribution is -2.09. The van der Waals surface area contributed by atoms with Crippen LogP contribution in [-0.2, 0) is 0 Å². The minimum Gasteiger partial charge on any atom is -0.496 e. The molecule has 2 N–H and O–H groups in total. The highest BCUT2D eigenvalue weighted by Crippen LogP contribution is 2.34. The Labute approximate surface area is 109 Å². The largest absolute Gasteiger partial charge is 0.496 e. The van der Waals surface area contributed by atoms with Gasteiger partial charge in [-0.3, -0.25) is 0 Å². The zero-order valence-corrected chi connectivity index (χ0v) is 12.0. The topological polar surface area (TPSA) is 35.2 Å². The van der Waals surface area contributed by atoms with E-state index in [9.17, 15) is 0 Å². The van der Waals surface area contributed by atoms with Gasteiger partial charge in [0.25, 0.3) is 0 Å². The summed E-state index contributed by atoms with van der Waals surface area (Å²) < 4.78 is 5.39. The molecule has 2 atom stereocenters. The first-order valence-electron chi connectivity index (χ1n) is 6.15. The molecule has 0 saturated carbocycles. The van der Waals surface area contributed by atoms with Gasteiger partial charge in [-0.1, -0.05) is 26.3 Å². The lowest BCUT2D eigenvalue weighted by molar-refractivity contribution is 0.405. The monoisotopic (exact) mass is 253 g/mol. The fourth-order valence-corrected chi connectivity index (χ4v) is 2.94. The quantitative estimate of drug-likeness (QED) is 0.782. The second-order valence-electron chi connectivity index (χ2n) is 4.49. The Kier molecular flexibility index (Phi) is 5.86. The van der Waals surface area contributed by atoms with Crippen molar-refractivity contribution in [1.29, 1.82) is 0 Å². The Balaban J connectivity index is 2.90. The molecule has 0 fully saturated rings. The second kappa shape index (κ2) is 6.92. The summed E-state index contributed by atoms with van der Waals surface area (Å²) in [5, 5.41) is 0. The lowest BCUT2D eigenvalue weighted by Gasteiger charge is -2.17. The molecule has 17 heavy (non-hydrogen) atoms. The molecule has 3 heteroatoms. The Morgan fingerprint density at radius 3 is 2.59 bits per heavy atom. The molecule has 0 heterocycles. The van der Waals surface area contributed by atoms with Crippen molar-refractivity contribution in [2.75, 3.05) is 12.9 Å². The summed E-state index contributed by atoms with van der Waals surface area (Å²) in [4.78, 5) is 1.25. The fraction of sp³-hybridized carbons (Fsp3) is 0.571. The van der Waals surface area contributed by atoms with Gasteiger partial charge in [0.2, 0.25) is 0 Å². The average Bonchev–Trinajstić information content (AvgIpc) is 2.34. The van der Waals surface area contributed by atoms with Crippen molar-refractivity contribution >= 4 is 11.8 Å². The van der Waals surface area contributed by atoms with E-state index in [1.54, 1.807) is 7.11 Å². The molecule has 1 aromatic carbocycles. The predicted molar refractivity (Wildman–Crippen MR) is 75.8 cm³/mol. The van der Waals surface area contributed by atoms with Crippen LogP contribution in [0.15, 0.2) is 23.1 Å². The zero-order valence-electron chi connectivity index (χ0n) is 11.2. The van der Waals surface area contributed by atoms with Crippen molar-refractivity contribution in [1.82, 2.24) is 0 Å². The molecule has 0 aliphatic rings. The summed E-state index contributed by atoms with van der Waals surface area (Å²) in [5.41, 5.74) is 7.16. The van der Waals surface area contributed by atoms with E-state index in [0.717, 1.165) is 23.0 Å². The van der Waals surface area contributed by atoms with Gasteiger partial charge in [-0.25, -0.2) is 0 Å². The SMILES string of the molecule is CCC(C)CSc1cccc(OC)c1C(C)N. The van der Waals surface area contributed by atoms with Crippen LogP contribution in [0.25, 0.3) is 0 Å². The third kappa shape index (κ3) is 3.93. The van der Waals surface area contributed by atoms with Crippen LogP contribution >= 0.6 is 11.8 Å². The lowest BCUT2D eigenvalue weighted by atomic mass is 10.1. The van der Waals surface area contributed by atoms with Crippen molar-refractivity contribution in [3.05, 3.63) is 23.8 Å². The molecular weight excluding hydrogens is 230 g/mol. The molecule has 0 aromatic heterocycles. The molecule has 0 aliphatic carbocycles. The number of rotatable bonds is 6. The summed E-state index contributed by atoms with van der Waals surface area (Å²) in [6, 6.07) is 6.15.